The molecule has 8 heteroatoms. The van der Waals surface area contributed by atoms with Gasteiger partial charge in [-0.05, 0) is 75.8 Å². The second-order valence-corrected chi connectivity index (χ2v) is 11.8. The van der Waals surface area contributed by atoms with Crippen LogP contribution in [-0.4, -0.2) is 58.9 Å². The van der Waals surface area contributed by atoms with Crippen LogP contribution in [0.1, 0.15) is 62.6 Å². The number of rotatable bonds is 9. The van der Waals surface area contributed by atoms with Gasteiger partial charge < -0.3 is 20.9 Å². The summed E-state index contributed by atoms with van der Waals surface area (Å²) in [4.78, 5) is 42.7. The van der Waals surface area contributed by atoms with Crippen LogP contribution >= 0.6 is 11.8 Å². The number of fused-ring (bicyclic) bond motifs is 2. The molecule has 0 spiro atoms. The van der Waals surface area contributed by atoms with Crippen molar-refractivity contribution in [2.24, 2.45) is 5.41 Å². The standard InChI is InChI=1S/C29H40N4O3S/c1-5-15-29(16-6-2)18-24-33(28(36)23(14-17-37-24)32-26(34)19(3)30-4)25(29)27(35)31-22-13-9-11-20-10-7-8-12-21(20)22/h5-8,10,12,19,22-25,30H,1-2,9,11,13-18H2,3-4H3,(H,31,35)(H,32,34)/t19-,22+,23-,24?,25?/m0/s1. The molecule has 2 fully saturated rings. The predicted molar refractivity (Wildman–Crippen MR) is 149 cm³/mol. The van der Waals surface area contributed by atoms with E-state index in [2.05, 4.69) is 41.2 Å². The maximum atomic E-state index is 14.2. The van der Waals surface area contributed by atoms with Gasteiger partial charge in [0.15, 0.2) is 0 Å². The summed E-state index contributed by atoms with van der Waals surface area (Å²) in [7, 11) is 1.72. The number of benzene rings is 1. The number of nitrogens with zero attached hydrogens (tertiary/aromatic N) is 1. The van der Waals surface area contributed by atoms with Crippen LogP contribution in [0.25, 0.3) is 0 Å². The Morgan fingerprint density at radius 1 is 1.16 bits per heavy atom. The van der Waals surface area contributed by atoms with E-state index < -0.39 is 23.5 Å². The zero-order chi connectivity index (χ0) is 26.6. The number of allylic oxidation sites excluding steroid dienone is 2. The van der Waals surface area contributed by atoms with Gasteiger partial charge in [0.25, 0.3) is 0 Å². The monoisotopic (exact) mass is 524 g/mol. The largest absolute Gasteiger partial charge is 0.347 e. The second-order valence-electron chi connectivity index (χ2n) is 10.5. The van der Waals surface area contributed by atoms with E-state index in [1.165, 1.54) is 5.56 Å². The first-order valence-electron chi connectivity index (χ1n) is 13.4. The summed E-state index contributed by atoms with van der Waals surface area (Å²) < 4.78 is 0. The van der Waals surface area contributed by atoms with E-state index in [0.29, 0.717) is 25.7 Å². The van der Waals surface area contributed by atoms with Gasteiger partial charge in [0.1, 0.15) is 12.1 Å². The first-order chi connectivity index (χ1) is 17.8. The second kappa shape index (κ2) is 11.9. The summed E-state index contributed by atoms with van der Waals surface area (Å²) in [6.45, 7) is 9.74. The number of thioether (sulfide) groups is 1. The van der Waals surface area contributed by atoms with Crippen molar-refractivity contribution >= 4 is 29.5 Å². The molecule has 4 rings (SSSR count). The molecule has 0 saturated carbocycles. The molecule has 3 N–H and O–H groups in total. The molecular weight excluding hydrogens is 484 g/mol. The lowest BCUT2D eigenvalue weighted by atomic mass is 9.73. The van der Waals surface area contributed by atoms with E-state index in [4.69, 9.17) is 0 Å². The number of hydrogen-bond acceptors (Lipinski definition) is 5. The maximum absolute atomic E-state index is 14.2. The molecule has 1 aromatic carbocycles. The highest BCUT2D eigenvalue weighted by atomic mass is 32.2. The fourth-order valence-electron chi connectivity index (χ4n) is 6.22. The van der Waals surface area contributed by atoms with Crippen molar-refractivity contribution in [1.82, 2.24) is 20.9 Å². The maximum Gasteiger partial charge on any atom is 0.246 e. The highest BCUT2D eigenvalue weighted by Crippen LogP contribution is 2.51. The van der Waals surface area contributed by atoms with E-state index >= 15 is 0 Å². The minimum Gasteiger partial charge on any atom is -0.347 e. The molecule has 0 aromatic heterocycles. The summed E-state index contributed by atoms with van der Waals surface area (Å²) in [5.74, 6) is 0.212. The Kier molecular flexibility index (Phi) is 8.80. The van der Waals surface area contributed by atoms with Crippen LogP contribution in [0.3, 0.4) is 0 Å². The zero-order valence-corrected chi connectivity index (χ0v) is 22.8. The van der Waals surface area contributed by atoms with Gasteiger partial charge >= 0.3 is 0 Å². The molecule has 7 nitrogen and oxygen atoms in total. The topological polar surface area (TPSA) is 90.5 Å². The number of amides is 3. The predicted octanol–water partition coefficient (Wildman–Crippen LogP) is 3.48. The van der Waals surface area contributed by atoms with Crippen molar-refractivity contribution in [1.29, 1.82) is 0 Å². The van der Waals surface area contributed by atoms with Crippen molar-refractivity contribution in [3.05, 3.63) is 60.7 Å². The van der Waals surface area contributed by atoms with Gasteiger partial charge in [-0.2, -0.15) is 0 Å². The molecule has 37 heavy (non-hydrogen) atoms. The molecule has 2 heterocycles. The normalized spacial score (nSPS) is 27.3. The molecule has 3 aliphatic rings. The van der Waals surface area contributed by atoms with Gasteiger partial charge in [0.2, 0.25) is 17.7 Å². The Morgan fingerprint density at radius 2 is 1.89 bits per heavy atom. The molecule has 2 saturated heterocycles. The molecule has 200 valence electrons. The van der Waals surface area contributed by atoms with Gasteiger partial charge in [-0.25, -0.2) is 0 Å². The van der Waals surface area contributed by atoms with Crippen LogP contribution < -0.4 is 16.0 Å². The van der Waals surface area contributed by atoms with Crippen LogP contribution in [0.4, 0.5) is 0 Å². The number of likely N-dealkylation sites (N-methyl/N-ethyl adjacent to an activating group) is 1. The lowest BCUT2D eigenvalue weighted by molar-refractivity contribution is -0.144. The van der Waals surface area contributed by atoms with E-state index in [9.17, 15) is 14.4 Å². The SMILES string of the molecule is C=CCC1(CC=C)CC2SCC[C@H](NC(=O)[C@H](C)NC)C(=O)N2C1C(=O)N[C@@H]1CCCc2ccccc21. The number of carbonyl (C=O) groups excluding carboxylic acids is 3. The van der Waals surface area contributed by atoms with Gasteiger partial charge in [-0.1, -0.05) is 36.4 Å². The molecule has 0 radical (unpaired) electrons. The summed E-state index contributed by atoms with van der Waals surface area (Å²) in [6, 6.07) is 6.47. The molecule has 2 unspecified atom stereocenters. The minimum atomic E-state index is -0.665. The van der Waals surface area contributed by atoms with E-state index in [1.807, 2.05) is 24.3 Å². The first-order valence-corrected chi connectivity index (χ1v) is 14.4. The van der Waals surface area contributed by atoms with Crippen molar-refractivity contribution < 1.29 is 14.4 Å². The molecule has 1 aliphatic carbocycles. The molecular formula is C29H40N4O3S. The summed E-state index contributed by atoms with van der Waals surface area (Å²) in [5, 5.41) is 9.07. The van der Waals surface area contributed by atoms with Crippen molar-refractivity contribution in [2.75, 3.05) is 12.8 Å². The number of carbonyl (C=O) groups is 3. The minimum absolute atomic E-state index is 0.0802. The van der Waals surface area contributed by atoms with Crippen LogP contribution in [0.2, 0.25) is 0 Å². The van der Waals surface area contributed by atoms with Crippen LogP contribution in [0.5, 0.6) is 0 Å². The number of nitrogens with one attached hydrogen (secondary N) is 3. The van der Waals surface area contributed by atoms with Crippen LogP contribution in [0, 0.1) is 5.41 Å². The van der Waals surface area contributed by atoms with Gasteiger partial charge in [-0.3, -0.25) is 14.4 Å². The van der Waals surface area contributed by atoms with E-state index in [0.717, 1.165) is 30.6 Å². The summed E-state index contributed by atoms with van der Waals surface area (Å²) in [6.07, 6.45) is 9.05. The lowest BCUT2D eigenvalue weighted by Crippen LogP contribution is -2.58. The van der Waals surface area contributed by atoms with Gasteiger partial charge in [-0.15, -0.1) is 24.9 Å². The fraction of sp³-hybridized carbons (Fsp3) is 0.552. The lowest BCUT2D eigenvalue weighted by Gasteiger charge is -2.38. The zero-order valence-electron chi connectivity index (χ0n) is 22.0. The van der Waals surface area contributed by atoms with Gasteiger partial charge in [0.05, 0.1) is 17.5 Å². The highest BCUT2D eigenvalue weighted by molar-refractivity contribution is 7.99. The number of hydrogen-bond donors (Lipinski definition) is 3. The van der Waals surface area contributed by atoms with Gasteiger partial charge in [0, 0.05) is 5.41 Å². The van der Waals surface area contributed by atoms with E-state index in [1.54, 1.807) is 30.6 Å². The molecule has 1 aromatic rings. The summed E-state index contributed by atoms with van der Waals surface area (Å²) >= 11 is 1.70. The Morgan fingerprint density at radius 3 is 2.59 bits per heavy atom. The third-order valence-electron chi connectivity index (χ3n) is 8.20. The third kappa shape index (κ3) is 5.50. The van der Waals surface area contributed by atoms with Crippen molar-refractivity contribution in [2.45, 2.75) is 81.4 Å². The highest BCUT2D eigenvalue weighted by Gasteiger charge is 2.57. The first kappa shape index (κ1) is 27.5. The number of aryl methyl sites for hydroxylation is 1. The average Bonchev–Trinajstić information content (AvgIpc) is 3.13. The Hall–Kier alpha value is -2.58. The van der Waals surface area contributed by atoms with E-state index in [-0.39, 0.29) is 29.1 Å². The fourth-order valence-corrected chi connectivity index (χ4v) is 7.70. The summed E-state index contributed by atoms with van der Waals surface area (Å²) in [5.41, 5.74) is 1.95. The Labute approximate surface area is 224 Å². The average molecular weight is 525 g/mol. The molecule has 0 bridgehead atoms. The Bertz CT molecular complexity index is 1030. The third-order valence-corrected chi connectivity index (χ3v) is 9.45. The van der Waals surface area contributed by atoms with Crippen molar-refractivity contribution in [3.63, 3.8) is 0 Å². The molecule has 2 aliphatic heterocycles. The van der Waals surface area contributed by atoms with Crippen LogP contribution in [-0.2, 0) is 20.8 Å². The molecule has 3 amide bonds. The molecule has 5 atom stereocenters. The Balaban J connectivity index is 1.67. The quantitative estimate of drug-likeness (QED) is 0.431. The van der Waals surface area contributed by atoms with Crippen LogP contribution in [0.15, 0.2) is 49.6 Å². The van der Waals surface area contributed by atoms with Crippen molar-refractivity contribution in [3.8, 4) is 0 Å². The smallest absolute Gasteiger partial charge is 0.246 e.